The number of aryl methyl sites for hydroxylation is 2. The van der Waals surface area contributed by atoms with Crippen LogP contribution in [0.1, 0.15) is 34.3 Å². The Hall–Kier alpha value is -2.47. The second-order valence-electron chi connectivity index (χ2n) is 7.02. The molecule has 0 atom stereocenters. The first-order chi connectivity index (χ1) is 12.9. The van der Waals surface area contributed by atoms with Crippen molar-refractivity contribution in [3.8, 4) is 0 Å². The molecule has 1 aliphatic heterocycles. The first-order valence-electron chi connectivity index (χ1n) is 9.12. The molecule has 0 aliphatic carbocycles. The van der Waals surface area contributed by atoms with Gasteiger partial charge in [0.2, 0.25) is 0 Å². The molecule has 1 fully saturated rings. The summed E-state index contributed by atoms with van der Waals surface area (Å²) in [6, 6.07) is 12.3. The normalized spacial score (nSPS) is 14.7. The molecular formula is C21H24FN3OS. The number of piperidine rings is 1. The monoisotopic (exact) mass is 385 g/mol. The summed E-state index contributed by atoms with van der Waals surface area (Å²) in [6.07, 6.45) is 1.55. The van der Waals surface area contributed by atoms with Gasteiger partial charge in [0.25, 0.3) is 5.91 Å². The zero-order valence-electron chi connectivity index (χ0n) is 15.6. The Balaban J connectivity index is 1.52. The summed E-state index contributed by atoms with van der Waals surface area (Å²) in [6.45, 7) is 5.62. The van der Waals surface area contributed by atoms with Crippen LogP contribution < -0.4 is 10.6 Å². The number of nitrogens with one attached hydrogen (secondary N) is 2. The van der Waals surface area contributed by atoms with Gasteiger partial charge >= 0.3 is 0 Å². The van der Waals surface area contributed by atoms with E-state index < -0.39 is 5.82 Å². The van der Waals surface area contributed by atoms with Crippen molar-refractivity contribution in [2.75, 3.05) is 18.4 Å². The van der Waals surface area contributed by atoms with Crippen molar-refractivity contribution in [3.63, 3.8) is 0 Å². The predicted molar refractivity (Wildman–Crippen MR) is 111 cm³/mol. The summed E-state index contributed by atoms with van der Waals surface area (Å²) < 4.78 is 13.7. The molecule has 1 heterocycles. The van der Waals surface area contributed by atoms with Crippen LogP contribution in [0.25, 0.3) is 0 Å². The van der Waals surface area contributed by atoms with Gasteiger partial charge in [0.05, 0.1) is 5.56 Å². The van der Waals surface area contributed by atoms with Gasteiger partial charge in [-0.05, 0) is 74.3 Å². The zero-order valence-corrected chi connectivity index (χ0v) is 16.4. The fraction of sp³-hybridized carbons (Fsp3) is 0.333. The van der Waals surface area contributed by atoms with Crippen LogP contribution in [0, 0.1) is 19.7 Å². The van der Waals surface area contributed by atoms with E-state index in [0.717, 1.165) is 31.6 Å². The number of hydrogen-bond acceptors (Lipinski definition) is 2. The van der Waals surface area contributed by atoms with Gasteiger partial charge in [0.15, 0.2) is 5.11 Å². The van der Waals surface area contributed by atoms with Crippen LogP contribution >= 0.6 is 12.2 Å². The van der Waals surface area contributed by atoms with Crippen molar-refractivity contribution >= 4 is 28.9 Å². The van der Waals surface area contributed by atoms with Crippen molar-refractivity contribution in [1.82, 2.24) is 10.2 Å². The van der Waals surface area contributed by atoms with Crippen LogP contribution in [0.15, 0.2) is 42.5 Å². The lowest BCUT2D eigenvalue weighted by atomic mass is 10.0. The summed E-state index contributed by atoms with van der Waals surface area (Å²) >= 11 is 5.54. The first-order valence-corrected chi connectivity index (χ1v) is 9.53. The highest BCUT2D eigenvalue weighted by Gasteiger charge is 2.23. The summed E-state index contributed by atoms with van der Waals surface area (Å²) in [5.74, 6) is -0.853. The van der Waals surface area contributed by atoms with E-state index in [1.54, 1.807) is 12.1 Å². The molecule has 4 nitrogen and oxygen atoms in total. The van der Waals surface area contributed by atoms with E-state index in [2.05, 4.69) is 47.6 Å². The number of carbonyl (C=O) groups is 1. The molecule has 2 aromatic rings. The number of halogens is 1. The van der Waals surface area contributed by atoms with Crippen LogP contribution in [0.4, 0.5) is 10.1 Å². The summed E-state index contributed by atoms with van der Waals surface area (Å²) in [5, 5.41) is 6.93. The summed E-state index contributed by atoms with van der Waals surface area (Å²) in [5.41, 5.74) is 3.46. The second-order valence-corrected chi connectivity index (χ2v) is 7.41. The van der Waals surface area contributed by atoms with Gasteiger partial charge in [-0.25, -0.2) is 4.39 Å². The molecule has 6 heteroatoms. The van der Waals surface area contributed by atoms with Crippen LogP contribution in [-0.4, -0.2) is 35.1 Å². The Morgan fingerprint density at radius 3 is 2.37 bits per heavy atom. The van der Waals surface area contributed by atoms with Crippen LogP contribution in [-0.2, 0) is 0 Å². The van der Waals surface area contributed by atoms with E-state index in [0.29, 0.717) is 5.11 Å². The SMILES string of the molecule is Cc1cc(C)cc(NC(=S)N2CCC(NC(=O)c3ccccc3F)CC2)c1. The standard InChI is InChI=1S/C21H24FN3OS/c1-14-11-15(2)13-17(12-14)24-21(27)25-9-7-16(8-10-25)23-20(26)18-5-3-4-6-19(18)22/h3-6,11-13,16H,7-10H2,1-2H3,(H,23,26)(H,24,27). The van der Waals surface area contributed by atoms with Gasteiger partial charge in [-0.15, -0.1) is 0 Å². The third-order valence-electron chi connectivity index (χ3n) is 4.71. The average molecular weight is 386 g/mol. The molecule has 0 unspecified atom stereocenters. The van der Waals surface area contributed by atoms with Crippen molar-refractivity contribution in [2.45, 2.75) is 32.7 Å². The number of hydrogen-bond donors (Lipinski definition) is 2. The first kappa shape index (κ1) is 19.3. The average Bonchev–Trinajstić information content (AvgIpc) is 2.61. The topological polar surface area (TPSA) is 44.4 Å². The van der Waals surface area contributed by atoms with Crippen molar-refractivity contribution in [2.24, 2.45) is 0 Å². The molecule has 1 saturated heterocycles. The second kappa shape index (κ2) is 8.48. The minimum Gasteiger partial charge on any atom is -0.349 e. The molecule has 0 bridgehead atoms. The van der Waals surface area contributed by atoms with E-state index in [1.165, 1.54) is 23.3 Å². The lowest BCUT2D eigenvalue weighted by molar-refractivity contribution is 0.0918. The molecule has 0 aromatic heterocycles. The molecular weight excluding hydrogens is 361 g/mol. The molecule has 2 N–H and O–H groups in total. The van der Waals surface area contributed by atoms with Gasteiger partial charge in [-0.1, -0.05) is 18.2 Å². The molecule has 1 amide bonds. The number of likely N-dealkylation sites (tertiary alicyclic amines) is 1. The Labute approximate surface area is 164 Å². The fourth-order valence-electron chi connectivity index (χ4n) is 3.38. The molecule has 0 spiro atoms. The Bertz CT molecular complexity index is 827. The highest BCUT2D eigenvalue weighted by molar-refractivity contribution is 7.80. The number of anilines is 1. The molecule has 3 rings (SSSR count). The maximum atomic E-state index is 13.7. The number of benzene rings is 2. The maximum absolute atomic E-state index is 13.7. The number of nitrogens with zero attached hydrogens (tertiary/aromatic N) is 1. The number of thiocarbonyl (C=S) groups is 1. The molecule has 142 valence electrons. The van der Waals surface area contributed by atoms with E-state index in [4.69, 9.17) is 12.2 Å². The minimum absolute atomic E-state index is 0.0253. The predicted octanol–water partition coefficient (Wildman–Crippen LogP) is 4.03. The minimum atomic E-state index is -0.494. The van der Waals surface area contributed by atoms with Gasteiger partial charge in [0.1, 0.15) is 5.82 Å². The Morgan fingerprint density at radius 2 is 1.74 bits per heavy atom. The third-order valence-corrected chi connectivity index (χ3v) is 5.07. The summed E-state index contributed by atoms with van der Waals surface area (Å²) in [4.78, 5) is 14.4. The van der Waals surface area contributed by atoms with Crippen LogP contribution in [0.2, 0.25) is 0 Å². The molecule has 1 aliphatic rings. The lowest BCUT2D eigenvalue weighted by Crippen LogP contribution is -2.47. The fourth-order valence-corrected chi connectivity index (χ4v) is 3.69. The largest absolute Gasteiger partial charge is 0.349 e. The van der Waals surface area contributed by atoms with Crippen molar-refractivity contribution in [3.05, 3.63) is 65.0 Å². The van der Waals surface area contributed by atoms with Crippen molar-refractivity contribution < 1.29 is 9.18 Å². The van der Waals surface area contributed by atoms with Crippen LogP contribution in [0.3, 0.4) is 0 Å². The van der Waals surface area contributed by atoms with Gasteiger partial charge < -0.3 is 15.5 Å². The molecule has 2 aromatic carbocycles. The van der Waals surface area contributed by atoms with Crippen molar-refractivity contribution in [1.29, 1.82) is 0 Å². The van der Waals surface area contributed by atoms with Gasteiger partial charge in [0, 0.05) is 24.8 Å². The molecule has 0 saturated carbocycles. The number of carbonyl (C=O) groups excluding carboxylic acids is 1. The Morgan fingerprint density at radius 1 is 1.11 bits per heavy atom. The Kier molecular flexibility index (Phi) is 6.06. The quantitative estimate of drug-likeness (QED) is 0.783. The van der Waals surface area contributed by atoms with Gasteiger partial charge in [-0.3, -0.25) is 4.79 Å². The summed E-state index contributed by atoms with van der Waals surface area (Å²) in [7, 11) is 0. The third kappa shape index (κ3) is 5.04. The highest BCUT2D eigenvalue weighted by atomic mass is 32.1. The lowest BCUT2D eigenvalue weighted by Gasteiger charge is -2.34. The zero-order chi connectivity index (χ0) is 19.4. The van der Waals surface area contributed by atoms with E-state index >= 15 is 0 Å². The molecule has 27 heavy (non-hydrogen) atoms. The van der Waals surface area contributed by atoms with E-state index in [9.17, 15) is 9.18 Å². The smallest absolute Gasteiger partial charge is 0.254 e. The number of amides is 1. The van der Waals surface area contributed by atoms with Gasteiger partial charge in [-0.2, -0.15) is 0 Å². The van der Waals surface area contributed by atoms with E-state index in [-0.39, 0.29) is 17.5 Å². The van der Waals surface area contributed by atoms with Crippen LogP contribution in [0.5, 0.6) is 0 Å². The van der Waals surface area contributed by atoms with E-state index in [1.807, 2.05) is 0 Å². The highest BCUT2D eigenvalue weighted by Crippen LogP contribution is 2.17. The number of rotatable bonds is 3. The molecule has 0 radical (unpaired) electrons. The maximum Gasteiger partial charge on any atom is 0.254 e.